The molecule has 0 aliphatic rings. The fourth-order valence-electron chi connectivity index (χ4n) is 1.79. The first-order valence-electron chi connectivity index (χ1n) is 6.03. The zero-order valence-electron chi connectivity index (χ0n) is 10.6. The summed E-state index contributed by atoms with van der Waals surface area (Å²) in [7, 11) is 0. The maximum absolute atomic E-state index is 8.81. The Bertz CT molecular complexity index is 587. The first kappa shape index (κ1) is 13.7. The number of hydrogen-bond donors (Lipinski definition) is 1. The molecule has 1 heterocycles. The van der Waals surface area contributed by atoms with Crippen LogP contribution in [0.2, 0.25) is 0 Å². The maximum Gasteiger partial charge on any atom is 0.140 e. The van der Waals surface area contributed by atoms with Gasteiger partial charge in [0.1, 0.15) is 11.8 Å². The zero-order chi connectivity index (χ0) is 13.7. The van der Waals surface area contributed by atoms with Gasteiger partial charge in [-0.15, -0.1) is 0 Å². The maximum atomic E-state index is 8.81. The summed E-state index contributed by atoms with van der Waals surface area (Å²) < 4.78 is 1.08. The van der Waals surface area contributed by atoms with Crippen molar-refractivity contribution in [1.82, 2.24) is 10.3 Å². The summed E-state index contributed by atoms with van der Waals surface area (Å²) >= 11 is 3.43. The third-order valence-corrected chi connectivity index (χ3v) is 3.45. The van der Waals surface area contributed by atoms with Crippen LogP contribution in [-0.4, -0.2) is 4.98 Å². The van der Waals surface area contributed by atoms with Crippen molar-refractivity contribution in [2.24, 2.45) is 0 Å². The fraction of sp³-hybridized carbons (Fsp3) is 0.200. The molecule has 1 atom stereocenters. The van der Waals surface area contributed by atoms with E-state index in [0.717, 1.165) is 10.0 Å². The molecule has 0 aliphatic heterocycles. The van der Waals surface area contributed by atoms with Crippen molar-refractivity contribution in [3.05, 3.63) is 63.9 Å². The van der Waals surface area contributed by atoms with Crippen molar-refractivity contribution < 1.29 is 0 Å². The number of aromatic nitrogens is 1. The summed E-state index contributed by atoms with van der Waals surface area (Å²) in [6.07, 6.45) is 1.67. The molecule has 0 fully saturated rings. The second kappa shape index (κ2) is 6.46. The van der Waals surface area contributed by atoms with Gasteiger partial charge in [0.05, 0.1) is 0 Å². The first-order chi connectivity index (χ1) is 9.19. The summed E-state index contributed by atoms with van der Waals surface area (Å²) in [5.41, 5.74) is 2.75. The van der Waals surface area contributed by atoms with E-state index in [1.165, 1.54) is 5.56 Å². The normalized spacial score (nSPS) is 11.8. The van der Waals surface area contributed by atoms with E-state index < -0.39 is 0 Å². The van der Waals surface area contributed by atoms with Crippen LogP contribution in [0.25, 0.3) is 0 Å². The molecule has 4 heteroatoms. The lowest BCUT2D eigenvalue weighted by molar-refractivity contribution is 0.574. The number of rotatable bonds is 4. The summed E-state index contributed by atoms with van der Waals surface area (Å²) in [6.45, 7) is 2.84. The van der Waals surface area contributed by atoms with Crippen molar-refractivity contribution >= 4 is 15.9 Å². The smallest absolute Gasteiger partial charge is 0.140 e. The quantitative estimate of drug-likeness (QED) is 0.938. The van der Waals surface area contributed by atoms with Crippen LogP contribution < -0.4 is 5.32 Å². The Kier molecular flexibility index (Phi) is 4.67. The highest BCUT2D eigenvalue weighted by molar-refractivity contribution is 9.10. The predicted molar refractivity (Wildman–Crippen MR) is 78.3 cm³/mol. The minimum Gasteiger partial charge on any atom is -0.306 e. The van der Waals surface area contributed by atoms with E-state index in [1.54, 1.807) is 12.3 Å². The van der Waals surface area contributed by atoms with Gasteiger partial charge in [-0.3, -0.25) is 0 Å². The van der Waals surface area contributed by atoms with Gasteiger partial charge < -0.3 is 5.32 Å². The summed E-state index contributed by atoms with van der Waals surface area (Å²) in [6, 6.07) is 14.3. The molecule has 96 valence electrons. The molecule has 19 heavy (non-hydrogen) atoms. The standard InChI is InChI=1S/C15H14BrN3/c1-11(13-2-4-14(16)5-3-13)19-10-12-6-7-18-15(8-12)9-17/h2-8,11,19H,10H2,1H3. The molecule has 1 unspecified atom stereocenters. The van der Waals surface area contributed by atoms with Gasteiger partial charge in [-0.05, 0) is 42.3 Å². The van der Waals surface area contributed by atoms with Gasteiger partial charge in [0.2, 0.25) is 0 Å². The molecule has 0 saturated heterocycles. The van der Waals surface area contributed by atoms with E-state index in [9.17, 15) is 0 Å². The fourth-order valence-corrected chi connectivity index (χ4v) is 2.05. The van der Waals surface area contributed by atoms with Gasteiger partial charge in [-0.2, -0.15) is 5.26 Å². The molecular formula is C15H14BrN3. The molecule has 0 aliphatic carbocycles. The molecule has 3 nitrogen and oxygen atoms in total. The van der Waals surface area contributed by atoms with Gasteiger partial charge in [0, 0.05) is 23.3 Å². The SMILES string of the molecule is CC(NCc1ccnc(C#N)c1)c1ccc(Br)cc1. The predicted octanol–water partition coefficient (Wildman–Crippen LogP) is 3.57. The van der Waals surface area contributed by atoms with Crippen molar-refractivity contribution in [3.8, 4) is 6.07 Å². The lowest BCUT2D eigenvalue weighted by Gasteiger charge is -2.14. The minimum absolute atomic E-state index is 0.256. The number of nitrogens with zero attached hydrogens (tertiary/aromatic N) is 2. The third-order valence-electron chi connectivity index (χ3n) is 2.92. The van der Waals surface area contributed by atoms with Gasteiger partial charge in [-0.1, -0.05) is 28.1 Å². The Morgan fingerprint density at radius 3 is 2.74 bits per heavy atom. The largest absolute Gasteiger partial charge is 0.306 e. The number of nitrogens with one attached hydrogen (secondary N) is 1. The molecule has 1 aromatic carbocycles. The molecule has 1 aromatic heterocycles. The van der Waals surface area contributed by atoms with Crippen molar-refractivity contribution in [2.75, 3.05) is 0 Å². The van der Waals surface area contributed by atoms with Crippen LogP contribution in [0, 0.1) is 11.3 Å². The monoisotopic (exact) mass is 315 g/mol. The number of halogens is 1. The first-order valence-corrected chi connectivity index (χ1v) is 6.82. The van der Waals surface area contributed by atoms with Crippen molar-refractivity contribution in [2.45, 2.75) is 19.5 Å². The summed E-state index contributed by atoms with van der Waals surface area (Å²) in [5, 5.41) is 12.2. The molecule has 2 aromatic rings. The Morgan fingerprint density at radius 1 is 1.32 bits per heavy atom. The van der Waals surface area contributed by atoms with Gasteiger partial charge >= 0.3 is 0 Å². The van der Waals surface area contributed by atoms with Crippen LogP contribution in [0.3, 0.4) is 0 Å². The highest BCUT2D eigenvalue weighted by atomic mass is 79.9. The summed E-state index contributed by atoms with van der Waals surface area (Å²) in [5.74, 6) is 0. The molecule has 1 N–H and O–H groups in total. The van der Waals surface area contributed by atoms with E-state index in [0.29, 0.717) is 12.2 Å². The van der Waals surface area contributed by atoms with Crippen LogP contribution in [0.4, 0.5) is 0 Å². The van der Waals surface area contributed by atoms with Crippen LogP contribution >= 0.6 is 15.9 Å². The van der Waals surface area contributed by atoms with E-state index in [-0.39, 0.29) is 6.04 Å². The topological polar surface area (TPSA) is 48.7 Å². The molecule has 0 bridgehead atoms. The highest BCUT2D eigenvalue weighted by Gasteiger charge is 2.05. The molecular weight excluding hydrogens is 302 g/mol. The van der Waals surface area contributed by atoms with E-state index in [4.69, 9.17) is 5.26 Å². The van der Waals surface area contributed by atoms with Gasteiger partial charge in [0.15, 0.2) is 0 Å². The van der Waals surface area contributed by atoms with Crippen LogP contribution in [-0.2, 0) is 6.54 Å². The van der Waals surface area contributed by atoms with E-state index in [2.05, 4.69) is 45.3 Å². The van der Waals surface area contributed by atoms with E-state index in [1.807, 2.05) is 24.3 Å². The molecule has 0 saturated carbocycles. The van der Waals surface area contributed by atoms with E-state index >= 15 is 0 Å². The van der Waals surface area contributed by atoms with Crippen molar-refractivity contribution in [3.63, 3.8) is 0 Å². The second-order valence-electron chi connectivity index (χ2n) is 4.32. The number of hydrogen-bond acceptors (Lipinski definition) is 3. The van der Waals surface area contributed by atoms with Gasteiger partial charge in [-0.25, -0.2) is 4.98 Å². The Morgan fingerprint density at radius 2 is 2.05 bits per heavy atom. The zero-order valence-corrected chi connectivity index (χ0v) is 12.2. The molecule has 2 rings (SSSR count). The average Bonchev–Trinajstić information content (AvgIpc) is 2.46. The van der Waals surface area contributed by atoms with Crippen LogP contribution in [0.15, 0.2) is 47.1 Å². The Labute approximate surface area is 121 Å². The highest BCUT2D eigenvalue weighted by Crippen LogP contribution is 2.17. The molecule has 0 amide bonds. The number of nitriles is 1. The summed E-state index contributed by atoms with van der Waals surface area (Å²) in [4.78, 5) is 3.96. The molecule has 0 radical (unpaired) electrons. The minimum atomic E-state index is 0.256. The number of pyridine rings is 1. The Balaban J connectivity index is 1.98. The third kappa shape index (κ3) is 3.88. The van der Waals surface area contributed by atoms with Crippen LogP contribution in [0.5, 0.6) is 0 Å². The Hall–Kier alpha value is -1.70. The van der Waals surface area contributed by atoms with Crippen molar-refractivity contribution in [1.29, 1.82) is 5.26 Å². The van der Waals surface area contributed by atoms with Crippen LogP contribution in [0.1, 0.15) is 29.8 Å². The lowest BCUT2D eigenvalue weighted by atomic mass is 10.1. The average molecular weight is 316 g/mol. The lowest BCUT2D eigenvalue weighted by Crippen LogP contribution is -2.18. The molecule has 0 spiro atoms. The second-order valence-corrected chi connectivity index (χ2v) is 5.23. The van der Waals surface area contributed by atoms with Gasteiger partial charge in [0.25, 0.3) is 0 Å². The number of benzene rings is 1.